The van der Waals surface area contributed by atoms with Gasteiger partial charge in [-0.2, -0.15) is 0 Å². The Morgan fingerprint density at radius 3 is 2.30 bits per heavy atom. The van der Waals surface area contributed by atoms with Crippen molar-refractivity contribution in [3.63, 3.8) is 0 Å². The summed E-state index contributed by atoms with van der Waals surface area (Å²) in [6, 6.07) is 1.42. The summed E-state index contributed by atoms with van der Waals surface area (Å²) in [6.07, 6.45) is 0.271. The Kier molecular flexibility index (Phi) is 8.01. The maximum absolute atomic E-state index is 15.6. The third kappa shape index (κ3) is 5.16. The number of hydrogen-bond acceptors (Lipinski definition) is 9. The van der Waals surface area contributed by atoms with E-state index < -0.39 is 17.3 Å². The Morgan fingerprint density at radius 2 is 1.79 bits per heavy atom. The minimum atomic E-state index is -1.01. The van der Waals surface area contributed by atoms with Crippen molar-refractivity contribution in [2.24, 2.45) is 0 Å². The lowest BCUT2D eigenvalue weighted by molar-refractivity contribution is -0.00543. The van der Waals surface area contributed by atoms with Gasteiger partial charge in [-0.15, -0.1) is 0 Å². The zero-order valence-electron chi connectivity index (χ0n) is 19.5. The van der Waals surface area contributed by atoms with Gasteiger partial charge in [0.25, 0.3) is 5.91 Å². The summed E-state index contributed by atoms with van der Waals surface area (Å²) in [5.74, 6) is -1.39. The molecule has 0 saturated carbocycles. The van der Waals surface area contributed by atoms with Gasteiger partial charge in [0.2, 0.25) is 5.58 Å². The number of amides is 1. The number of carbonyl (C=O) groups is 2. The van der Waals surface area contributed by atoms with E-state index in [-0.39, 0.29) is 59.9 Å². The van der Waals surface area contributed by atoms with Gasteiger partial charge in [-0.05, 0) is 19.9 Å². The van der Waals surface area contributed by atoms with Crippen molar-refractivity contribution in [3.8, 4) is 0 Å². The highest BCUT2D eigenvalue weighted by Gasteiger charge is 2.35. The van der Waals surface area contributed by atoms with E-state index in [1.165, 1.54) is 27.4 Å². The lowest BCUT2D eigenvalue weighted by Crippen LogP contribution is -2.58. The molecule has 1 fully saturated rings. The van der Waals surface area contributed by atoms with Crippen LogP contribution in [0.15, 0.2) is 10.6 Å². The second-order valence-corrected chi connectivity index (χ2v) is 8.35. The molecule has 1 amide bonds. The van der Waals surface area contributed by atoms with Crippen LogP contribution < -0.4 is 10.2 Å². The number of aldehydes is 1. The number of morpholine rings is 1. The van der Waals surface area contributed by atoms with Crippen LogP contribution in [0.5, 0.6) is 0 Å². The van der Waals surface area contributed by atoms with Crippen molar-refractivity contribution in [3.05, 3.63) is 23.1 Å². The first-order valence-electron chi connectivity index (χ1n) is 10.6. The number of methoxy groups -OCH3 is 3. The molecule has 0 spiro atoms. The fourth-order valence-electron chi connectivity index (χ4n) is 4.35. The number of fused-ring (bicyclic) bond motifs is 1. The highest BCUT2D eigenvalue weighted by molar-refractivity contribution is 6.07. The fourth-order valence-corrected chi connectivity index (χ4v) is 4.35. The summed E-state index contributed by atoms with van der Waals surface area (Å²) >= 11 is 0. The van der Waals surface area contributed by atoms with E-state index in [0.29, 0.717) is 19.4 Å². The molecule has 0 radical (unpaired) electrons. The molecule has 33 heavy (non-hydrogen) atoms. The molecule has 0 aliphatic carbocycles. The average molecular weight is 467 g/mol. The van der Waals surface area contributed by atoms with Crippen LogP contribution in [0.3, 0.4) is 0 Å². The Morgan fingerprint density at radius 1 is 1.21 bits per heavy atom. The van der Waals surface area contributed by atoms with Crippen LogP contribution >= 0.6 is 0 Å². The lowest BCUT2D eigenvalue weighted by atomic mass is 10.0. The van der Waals surface area contributed by atoms with Crippen molar-refractivity contribution in [1.82, 2.24) is 10.5 Å². The molecule has 1 saturated heterocycles. The molecule has 3 rings (SSSR count). The third-order valence-electron chi connectivity index (χ3n) is 5.43. The van der Waals surface area contributed by atoms with Gasteiger partial charge in [-0.3, -0.25) is 9.59 Å². The zero-order chi connectivity index (χ0) is 24.2. The van der Waals surface area contributed by atoms with Crippen molar-refractivity contribution >= 4 is 28.8 Å². The van der Waals surface area contributed by atoms with Crippen molar-refractivity contribution < 1.29 is 37.5 Å². The predicted octanol–water partition coefficient (Wildman–Crippen LogP) is 1.80. The maximum atomic E-state index is 15.6. The largest absolute Gasteiger partial charge is 0.382 e. The Balaban J connectivity index is 2.01. The first-order chi connectivity index (χ1) is 15.8. The third-order valence-corrected chi connectivity index (χ3v) is 5.43. The number of hydrogen-bond donors (Lipinski definition) is 1. The number of anilines is 1. The standard InChI is InChI=1S/C22H30FN3O7/c1-13-7-26(8-14(2)32-13)19-15(9-27)6-16-18(25-33-20(16)17(19)23)21(28)24-22(10-29-3,11-30-4)12-31-5/h6,9,13-14H,7-8,10-12H2,1-5H3,(H,24,28)/t13-,14+. The van der Waals surface area contributed by atoms with Crippen LogP contribution in [0.1, 0.15) is 34.7 Å². The number of rotatable bonds is 10. The second kappa shape index (κ2) is 10.6. The number of nitrogens with one attached hydrogen (secondary N) is 1. The summed E-state index contributed by atoms with van der Waals surface area (Å²) in [7, 11) is 4.45. The molecule has 1 aliphatic rings. The van der Waals surface area contributed by atoms with Gasteiger partial charge in [0.1, 0.15) is 5.54 Å². The molecule has 2 aromatic rings. The molecule has 11 heteroatoms. The Labute approximate surface area is 191 Å². The van der Waals surface area contributed by atoms with Crippen LogP contribution in [0, 0.1) is 5.82 Å². The van der Waals surface area contributed by atoms with Crippen LogP contribution in [0.4, 0.5) is 10.1 Å². The van der Waals surface area contributed by atoms with Gasteiger partial charge in [-0.1, -0.05) is 5.16 Å². The van der Waals surface area contributed by atoms with E-state index in [0.717, 1.165) is 0 Å². The minimum Gasteiger partial charge on any atom is -0.382 e. The summed E-state index contributed by atoms with van der Waals surface area (Å²) in [5.41, 5.74) is -1.17. The van der Waals surface area contributed by atoms with E-state index in [1.54, 1.807) is 4.90 Å². The number of benzene rings is 1. The summed E-state index contributed by atoms with van der Waals surface area (Å²) < 4.78 is 42.2. The number of ether oxygens (including phenoxy) is 4. The fraction of sp³-hybridized carbons (Fsp3) is 0.591. The molecular weight excluding hydrogens is 437 g/mol. The van der Waals surface area contributed by atoms with Gasteiger partial charge >= 0.3 is 0 Å². The zero-order valence-corrected chi connectivity index (χ0v) is 19.5. The number of aromatic nitrogens is 1. The van der Waals surface area contributed by atoms with Crippen molar-refractivity contribution in [1.29, 1.82) is 0 Å². The van der Waals surface area contributed by atoms with E-state index in [2.05, 4.69) is 10.5 Å². The van der Waals surface area contributed by atoms with Gasteiger partial charge in [0.05, 0.1) is 43.1 Å². The van der Waals surface area contributed by atoms with E-state index in [1.807, 2.05) is 13.8 Å². The molecule has 0 unspecified atom stereocenters. The molecule has 1 aliphatic heterocycles. The molecule has 10 nitrogen and oxygen atoms in total. The number of carbonyl (C=O) groups excluding carboxylic acids is 2. The first-order valence-corrected chi connectivity index (χ1v) is 10.6. The van der Waals surface area contributed by atoms with E-state index in [9.17, 15) is 9.59 Å². The molecule has 0 bridgehead atoms. The first kappa shape index (κ1) is 25.0. The highest BCUT2D eigenvalue weighted by atomic mass is 19.1. The predicted molar refractivity (Wildman–Crippen MR) is 117 cm³/mol. The normalized spacial score (nSPS) is 19.2. The van der Waals surface area contributed by atoms with E-state index >= 15 is 4.39 Å². The number of halogens is 1. The molecule has 1 aromatic carbocycles. The topological polar surface area (TPSA) is 112 Å². The SMILES string of the molecule is COCC(COC)(COC)NC(=O)c1noc2c(F)c(N3C[C@@H](C)O[C@@H](C)C3)c(C=O)cc12. The summed E-state index contributed by atoms with van der Waals surface area (Å²) in [4.78, 5) is 26.7. The van der Waals surface area contributed by atoms with Gasteiger partial charge < -0.3 is 33.7 Å². The molecule has 182 valence electrons. The van der Waals surface area contributed by atoms with Crippen LogP contribution in [0.25, 0.3) is 11.0 Å². The van der Waals surface area contributed by atoms with Crippen molar-refractivity contribution in [2.75, 3.05) is 59.1 Å². The number of nitrogens with zero attached hydrogens (tertiary/aromatic N) is 2. The quantitative estimate of drug-likeness (QED) is 0.523. The van der Waals surface area contributed by atoms with Gasteiger partial charge in [0, 0.05) is 40.0 Å². The lowest BCUT2D eigenvalue weighted by Gasteiger charge is -2.37. The minimum absolute atomic E-state index is 0.0892. The van der Waals surface area contributed by atoms with E-state index in [4.69, 9.17) is 23.5 Å². The van der Waals surface area contributed by atoms with Crippen LogP contribution in [0.2, 0.25) is 0 Å². The molecule has 1 N–H and O–H groups in total. The van der Waals surface area contributed by atoms with Gasteiger partial charge in [0.15, 0.2) is 17.8 Å². The second-order valence-electron chi connectivity index (χ2n) is 8.35. The summed E-state index contributed by atoms with van der Waals surface area (Å²) in [6.45, 7) is 4.86. The van der Waals surface area contributed by atoms with Crippen molar-refractivity contribution in [2.45, 2.75) is 31.6 Å². The Hall–Kier alpha value is -2.60. The average Bonchev–Trinajstić information content (AvgIpc) is 3.18. The Bertz CT molecular complexity index is 969. The molecule has 2 heterocycles. The van der Waals surface area contributed by atoms with Crippen LogP contribution in [-0.4, -0.2) is 89.3 Å². The highest BCUT2D eigenvalue weighted by Crippen LogP contribution is 2.34. The maximum Gasteiger partial charge on any atom is 0.274 e. The molecule has 2 atom stereocenters. The molecular formula is C22H30FN3O7. The van der Waals surface area contributed by atoms with Crippen LogP contribution in [-0.2, 0) is 18.9 Å². The summed E-state index contributed by atoms with van der Waals surface area (Å²) in [5, 5.41) is 6.69. The monoisotopic (exact) mass is 467 g/mol. The molecule has 1 aromatic heterocycles. The van der Waals surface area contributed by atoms with Gasteiger partial charge in [-0.25, -0.2) is 4.39 Å². The smallest absolute Gasteiger partial charge is 0.274 e.